The quantitative estimate of drug-likeness (QED) is 0.704. The first-order chi connectivity index (χ1) is 5.52. The van der Waals surface area contributed by atoms with Gasteiger partial charge in [-0.1, -0.05) is 13.8 Å². The third-order valence-corrected chi connectivity index (χ3v) is 2.18. The van der Waals surface area contributed by atoms with Gasteiger partial charge in [-0.25, -0.2) is 4.98 Å². The van der Waals surface area contributed by atoms with Crippen LogP contribution in [0.2, 0.25) is 0 Å². The van der Waals surface area contributed by atoms with Gasteiger partial charge in [-0.15, -0.1) is 0 Å². The van der Waals surface area contributed by atoms with Crippen molar-refractivity contribution in [3.8, 4) is 0 Å². The minimum atomic E-state index is 0.0254. The van der Waals surface area contributed by atoms with Crippen molar-refractivity contribution >= 4 is 0 Å². The molecular weight excluding hydrogens is 150 g/mol. The highest BCUT2D eigenvalue weighted by Gasteiger charge is 2.14. The number of H-pyrrole nitrogens is 1. The van der Waals surface area contributed by atoms with Crippen molar-refractivity contribution in [1.82, 2.24) is 9.97 Å². The molecule has 0 aromatic carbocycles. The minimum Gasteiger partial charge on any atom is -0.345 e. The summed E-state index contributed by atoms with van der Waals surface area (Å²) < 4.78 is 0. The number of aromatic amines is 1. The molecule has 1 atom stereocenters. The lowest BCUT2D eigenvalue weighted by atomic mass is 10.1. The highest BCUT2D eigenvalue weighted by Crippen LogP contribution is 2.16. The van der Waals surface area contributed by atoms with Crippen LogP contribution < -0.4 is 5.73 Å². The van der Waals surface area contributed by atoms with Crippen molar-refractivity contribution in [2.45, 2.75) is 33.7 Å². The van der Waals surface area contributed by atoms with Crippen LogP contribution in [0.25, 0.3) is 0 Å². The molecule has 0 saturated heterocycles. The van der Waals surface area contributed by atoms with Gasteiger partial charge >= 0.3 is 0 Å². The highest BCUT2D eigenvalue weighted by molar-refractivity contribution is 5.12. The average molecular weight is 167 g/mol. The summed E-state index contributed by atoms with van der Waals surface area (Å²) in [7, 11) is 0. The largest absolute Gasteiger partial charge is 0.345 e. The molecule has 3 heteroatoms. The second-order valence-electron chi connectivity index (χ2n) is 3.60. The Hall–Kier alpha value is -0.830. The molecule has 1 heterocycles. The summed E-state index contributed by atoms with van der Waals surface area (Å²) >= 11 is 0. The van der Waals surface area contributed by atoms with Crippen LogP contribution in [0.4, 0.5) is 0 Å². The van der Waals surface area contributed by atoms with Gasteiger partial charge in [-0.05, 0) is 19.8 Å². The van der Waals surface area contributed by atoms with E-state index in [4.69, 9.17) is 5.73 Å². The normalized spacial score (nSPS) is 13.8. The van der Waals surface area contributed by atoms with Crippen LogP contribution in [0.15, 0.2) is 0 Å². The highest BCUT2D eigenvalue weighted by atomic mass is 15.0. The molecular formula is C9H17N3. The Balaban J connectivity index is 2.89. The number of imidazole rings is 1. The van der Waals surface area contributed by atoms with E-state index in [-0.39, 0.29) is 6.04 Å². The second kappa shape index (κ2) is 3.27. The van der Waals surface area contributed by atoms with Crippen LogP contribution >= 0.6 is 0 Å². The van der Waals surface area contributed by atoms with Crippen molar-refractivity contribution in [2.24, 2.45) is 11.7 Å². The second-order valence-corrected chi connectivity index (χ2v) is 3.60. The zero-order chi connectivity index (χ0) is 9.30. The molecule has 1 aromatic heterocycles. The number of nitrogens with one attached hydrogen (secondary N) is 1. The van der Waals surface area contributed by atoms with Crippen LogP contribution in [-0.4, -0.2) is 9.97 Å². The van der Waals surface area contributed by atoms with Crippen molar-refractivity contribution in [1.29, 1.82) is 0 Å². The lowest BCUT2D eigenvalue weighted by Crippen LogP contribution is -2.18. The Morgan fingerprint density at radius 3 is 2.25 bits per heavy atom. The SMILES string of the molecule is Cc1nc(C(N)C(C)C)[nH]c1C. The van der Waals surface area contributed by atoms with Gasteiger partial charge in [-0.3, -0.25) is 0 Å². The Bertz CT molecular complexity index is 243. The van der Waals surface area contributed by atoms with Gasteiger partial charge in [0.2, 0.25) is 0 Å². The fraction of sp³-hybridized carbons (Fsp3) is 0.667. The number of nitrogens with two attached hydrogens (primary N) is 1. The van der Waals surface area contributed by atoms with Gasteiger partial charge in [0, 0.05) is 5.69 Å². The number of aryl methyl sites for hydroxylation is 2. The smallest absolute Gasteiger partial charge is 0.123 e. The average Bonchev–Trinajstić information content (AvgIpc) is 2.30. The van der Waals surface area contributed by atoms with Gasteiger partial charge in [0.15, 0.2) is 0 Å². The zero-order valence-electron chi connectivity index (χ0n) is 8.18. The predicted molar refractivity (Wildman–Crippen MR) is 49.8 cm³/mol. The van der Waals surface area contributed by atoms with E-state index in [1.54, 1.807) is 0 Å². The molecule has 0 fully saturated rings. The van der Waals surface area contributed by atoms with E-state index in [1.165, 1.54) is 0 Å². The van der Waals surface area contributed by atoms with Crippen LogP contribution in [0.3, 0.4) is 0 Å². The van der Waals surface area contributed by atoms with Crippen LogP contribution in [0.5, 0.6) is 0 Å². The van der Waals surface area contributed by atoms with Crippen LogP contribution in [0, 0.1) is 19.8 Å². The molecule has 0 aliphatic rings. The number of hydrogen-bond donors (Lipinski definition) is 2. The van der Waals surface area contributed by atoms with Crippen molar-refractivity contribution in [3.63, 3.8) is 0 Å². The molecule has 1 rings (SSSR count). The molecule has 0 spiro atoms. The summed E-state index contributed by atoms with van der Waals surface area (Å²) in [6.07, 6.45) is 0. The van der Waals surface area contributed by atoms with Crippen LogP contribution in [0.1, 0.15) is 37.1 Å². The Kier molecular flexibility index (Phi) is 2.52. The molecule has 0 aliphatic carbocycles. The standard InChI is InChI=1S/C9H17N3/c1-5(2)8(10)9-11-6(3)7(4)12-9/h5,8H,10H2,1-4H3,(H,11,12). The Morgan fingerprint density at radius 2 is 1.92 bits per heavy atom. The summed E-state index contributed by atoms with van der Waals surface area (Å²) in [5.41, 5.74) is 8.08. The van der Waals surface area contributed by atoms with Crippen LogP contribution in [-0.2, 0) is 0 Å². The fourth-order valence-electron chi connectivity index (χ4n) is 1.05. The first-order valence-corrected chi connectivity index (χ1v) is 4.31. The molecule has 0 aliphatic heterocycles. The van der Waals surface area contributed by atoms with E-state index in [0.717, 1.165) is 17.2 Å². The Morgan fingerprint density at radius 1 is 1.33 bits per heavy atom. The van der Waals surface area contributed by atoms with Crippen molar-refractivity contribution in [2.75, 3.05) is 0 Å². The monoisotopic (exact) mass is 167 g/mol. The maximum Gasteiger partial charge on any atom is 0.123 e. The third kappa shape index (κ3) is 1.67. The van der Waals surface area contributed by atoms with Gasteiger partial charge < -0.3 is 10.7 Å². The molecule has 0 radical (unpaired) electrons. The molecule has 1 aromatic rings. The van der Waals surface area contributed by atoms with E-state index in [2.05, 4.69) is 23.8 Å². The lowest BCUT2D eigenvalue weighted by molar-refractivity contribution is 0.493. The maximum atomic E-state index is 5.93. The summed E-state index contributed by atoms with van der Waals surface area (Å²) in [5, 5.41) is 0. The molecule has 68 valence electrons. The maximum absolute atomic E-state index is 5.93. The first kappa shape index (κ1) is 9.26. The van der Waals surface area contributed by atoms with Crippen molar-refractivity contribution < 1.29 is 0 Å². The third-order valence-electron chi connectivity index (χ3n) is 2.18. The topological polar surface area (TPSA) is 54.7 Å². The number of aromatic nitrogens is 2. The molecule has 0 amide bonds. The van der Waals surface area contributed by atoms with Gasteiger partial charge in [0.1, 0.15) is 5.82 Å². The van der Waals surface area contributed by atoms with E-state index >= 15 is 0 Å². The molecule has 3 nitrogen and oxygen atoms in total. The van der Waals surface area contributed by atoms with E-state index in [0.29, 0.717) is 5.92 Å². The molecule has 1 unspecified atom stereocenters. The predicted octanol–water partition coefficient (Wildman–Crippen LogP) is 1.68. The molecule has 12 heavy (non-hydrogen) atoms. The minimum absolute atomic E-state index is 0.0254. The van der Waals surface area contributed by atoms with Gasteiger partial charge in [-0.2, -0.15) is 0 Å². The van der Waals surface area contributed by atoms with Gasteiger partial charge in [0.05, 0.1) is 11.7 Å². The number of rotatable bonds is 2. The summed E-state index contributed by atoms with van der Waals surface area (Å²) in [6, 6.07) is 0.0254. The summed E-state index contributed by atoms with van der Waals surface area (Å²) in [4.78, 5) is 7.54. The van der Waals surface area contributed by atoms with E-state index < -0.39 is 0 Å². The lowest BCUT2D eigenvalue weighted by Gasteiger charge is -2.11. The van der Waals surface area contributed by atoms with E-state index in [9.17, 15) is 0 Å². The van der Waals surface area contributed by atoms with Crippen molar-refractivity contribution in [3.05, 3.63) is 17.2 Å². The fourth-order valence-corrected chi connectivity index (χ4v) is 1.05. The Labute approximate surface area is 73.4 Å². The summed E-state index contributed by atoms with van der Waals surface area (Å²) in [5.74, 6) is 1.33. The summed E-state index contributed by atoms with van der Waals surface area (Å²) in [6.45, 7) is 8.19. The molecule has 0 bridgehead atoms. The van der Waals surface area contributed by atoms with E-state index in [1.807, 2.05) is 13.8 Å². The zero-order valence-corrected chi connectivity index (χ0v) is 8.18. The number of hydrogen-bond acceptors (Lipinski definition) is 2. The molecule has 0 saturated carbocycles. The molecule has 3 N–H and O–H groups in total. The number of nitrogens with zero attached hydrogens (tertiary/aromatic N) is 1. The van der Waals surface area contributed by atoms with Gasteiger partial charge in [0.25, 0.3) is 0 Å². The first-order valence-electron chi connectivity index (χ1n) is 4.31.